The number of phosphoric ester groups is 2. The van der Waals surface area contributed by atoms with Crippen LogP contribution in [0.4, 0.5) is 0 Å². The third kappa shape index (κ3) is 6.99. The molecule has 3 heterocycles. The topological polar surface area (TPSA) is 220 Å². The van der Waals surface area contributed by atoms with E-state index in [1.807, 2.05) is 0 Å². The number of aliphatic hydroxyl groups excluding tert-OH is 3. The van der Waals surface area contributed by atoms with Crippen LogP contribution in [0.5, 0.6) is 0 Å². The van der Waals surface area contributed by atoms with Gasteiger partial charge in [-0.2, -0.15) is 0 Å². The van der Waals surface area contributed by atoms with Crippen molar-refractivity contribution >= 4 is 21.6 Å². The van der Waals surface area contributed by atoms with Crippen molar-refractivity contribution in [1.29, 1.82) is 0 Å². The number of hydrogen-bond acceptors (Lipinski definition) is 14. The largest absolute Gasteiger partial charge is 0.756 e. The lowest BCUT2D eigenvalue weighted by molar-refractivity contribution is -0.270. The molecule has 0 aromatic carbocycles. The Hall–Kier alpha value is -1.23. The molecule has 5 unspecified atom stereocenters. The van der Waals surface area contributed by atoms with Crippen LogP contribution in [0.15, 0.2) is 24.7 Å². The Morgan fingerprint density at radius 1 is 1.25 bits per heavy atom. The number of aliphatic hydroxyl groups is 3. The SMILES string of the molecule is C=C1NC(=O)C=CN1[C@@H]1O[C@H](COP(=O)(O)OP(=O)([O-])O[C@@H]2OC(C)C[C@H](N(C)C)C2O)C(O)[C@@H]1O. The number of carbonyl (C=O) groups excluding carboxylic acids is 1. The van der Waals surface area contributed by atoms with Crippen LogP contribution in [-0.2, 0) is 36.8 Å². The summed E-state index contributed by atoms with van der Waals surface area (Å²) in [5.41, 5.74) is 0. The Kier molecular flexibility index (Phi) is 9.17. The van der Waals surface area contributed by atoms with Crippen LogP contribution in [0.25, 0.3) is 0 Å². The van der Waals surface area contributed by atoms with Crippen molar-refractivity contribution < 1.29 is 61.9 Å². The van der Waals surface area contributed by atoms with E-state index in [0.29, 0.717) is 6.42 Å². The molecule has 3 rings (SSSR count). The van der Waals surface area contributed by atoms with Crippen LogP contribution in [-0.4, -0.2) is 106 Å². The standard InChI is InChI=1S/C18H31N3O13P2/c1-9-7-11(20(3)4)14(23)18(31-9)33-36(28,29)34-35(26,27)30-8-12-15(24)16(25)17(32-12)21-6-5-13(22)19-10(21)2/h5-6,9,11-12,14-18,23-25H,2,7-8H2,1,3-4H3,(H,19,22)(H,26,27)(H,28,29)/p-1/t9?,11-,12+,14?,15?,16-,17+,18-/m0/s1. The van der Waals surface area contributed by atoms with Crippen molar-refractivity contribution in [2.45, 2.75) is 62.4 Å². The van der Waals surface area contributed by atoms with Gasteiger partial charge in [-0.25, -0.2) is 8.88 Å². The average Bonchev–Trinajstić information content (AvgIpc) is 3.02. The first kappa shape index (κ1) is 29.3. The quantitative estimate of drug-likeness (QED) is 0.191. The minimum atomic E-state index is -5.55. The molecule has 16 nitrogen and oxygen atoms in total. The molecule has 5 N–H and O–H groups in total. The summed E-state index contributed by atoms with van der Waals surface area (Å²) in [6.45, 7) is 4.35. The third-order valence-electron chi connectivity index (χ3n) is 5.69. The lowest BCUT2D eigenvalue weighted by atomic mass is 9.99. The molecule has 2 fully saturated rings. The number of phosphoric acid groups is 2. The zero-order valence-electron chi connectivity index (χ0n) is 19.6. The summed E-state index contributed by atoms with van der Waals surface area (Å²) in [5, 5.41) is 33.3. The van der Waals surface area contributed by atoms with E-state index in [0.717, 1.165) is 6.08 Å². The number of ether oxygens (including phenoxy) is 2. The molecule has 3 aliphatic heterocycles. The van der Waals surface area contributed by atoms with Crippen molar-refractivity contribution in [1.82, 2.24) is 15.1 Å². The lowest BCUT2D eigenvalue weighted by Gasteiger charge is -2.42. The molecule has 0 spiro atoms. The van der Waals surface area contributed by atoms with E-state index in [4.69, 9.17) is 14.0 Å². The second kappa shape index (κ2) is 11.3. The first-order valence-corrected chi connectivity index (χ1v) is 13.7. The van der Waals surface area contributed by atoms with Gasteiger partial charge in [0.2, 0.25) is 0 Å². The maximum absolute atomic E-state index is 12.3. The lowest BCUT2D eigenvalue weighted by Crippen LogP contribution is -2.54. The van der Waals surface area contributed by atoms with Crippen molar-refractivity contribution in [2.24, 2.45) is 0 Å². The predicted octanol–water partition coefficient (Wildman–Crippen LogP) is -2.11. The molecule has 2 saturated heterocycles. The van der Waals surface area contributed by atoms with Crippen LogP contribution < -0.4 is 10.2 Å². The first-order chi connectivity index (χ1) is 16.6. The highest BCUT2D eigenvalue weighted by molar-refractivity contribution is 7.60. The molecule has 0 aliphatic carbocycles. The van der Waals surface area contributed by atoms with Gasteiger partial charge in [-0.05, 0) is 27.4 Å². The van der Waals surface area contributed by atoms with Gasteiger partial charge in [0.1, 0.15) is 30.2 Å². The van der Waals surface area contributed by atoms with Crippen LogP contribution >= 0.6 is 15.6 Å². The molecule has 0 aromatic heterocycles. The number of rotatable bonds is 9. The molecule has 18 heteroatoms. The highest BCUT2D eigenvalue weighted by Crippen LogP contribution is 2.59. The van der Waals surface area contributed by atoms with Crippen molar-refractivity contribution in [3.8, 4) is 0 Å². The zero-order chi connectivity index (χ0) is 27.0. The highest BCUT2D eigenvalue weighted by atomic mass is 31.3. The highest BCUT2D eigenvalue weighted by Gasteiger charge is 2.47. The fraction of sp³-hybridized carbons (Fsp3) is 0.722. The predicted molar refractivity (Wildman–Crippen MR) is 117 cm³/mol. The molecular formula is C18H30N3O13P2-. The van der Waals surface area contributed by atoms with Gasteiger partial charge in [0.25, 0.3) is 13.7 Å². The second-order valence-electron chi connectivity index (χ2n) is 8.68. The maximum Gasteiger partial charge on any atom is 0.478 e. The summed E-state index contributed by atoms with van der Waals surface area (Å²) in [7, 11) is -7.56. The van der Waals surface area contributed by atoms with Crippen molar-refractivity contribution in [2.75, 3.05) is 20.7 Å². The Morgan fingerprint density at radius 3 is 2.53 bits per heavy atom. The summed E-state index contributed by atoms with van der Waals surface area (Å²) in [6.07, 6.45) is -6.69. The van der Waals surface area contributed by atoms with Crippen LogP contribution in [0.3, 0.4) is 0 Å². The summed E-state index contributed by atoms with van der Waals surface area (Å²) in [6, 6.07) is -0.518. The molecule has 1 amide bonds. The maximum atomic E-state index is 12.3. The summed E-state index contributed by atoms with van der Waals surface area (Å²) in [4.78, 5) is 36.4. The fourth-order valence-corrected chi connectivity index (χ4v) is 6.03. The number of carbonyl (C=O) groups is 1. The molecular weight excluding hydrogens is 528 g/mol. The Bertz CT molecular complexity index is 965. The minimum Gasteiger partial charge on any atom is -0.756 e. The van der Waals surface area contributed by atoms with Gasteiger partial charge in [0, 0.05) is 18.3 Å². The van der Waals surface area contributed by atoms with E-state index in [1.165, 1.54) is 11.1 Å². The second-order valence-corrected chi connectivity index (χ2v) is 11.6. The monoisotopic (exact) mass is 558 g/mol. The molecule has 206 valence electrons. The average molecular weight is 558 g/mol. The molecule has 3 aliphatic rings. The van der Waals surface area contributed by atoms with Gasteiger partial charge in [-0.3, -0.25) is 18.4 Å². The first-order valence-electron chi connectivity index (χ1n) is 10.8. The van der Waals surface area contributed by atoms with Crippen LogP contribution in [0, 0.1) is 0 Å². The van der Waals surface area contributed by atoms with E-state index >= 15 is 0 Å². The van der Waals surface area contributed by atoms with E-state index < -0.39 is 77.2 Å². The van der Waals surface area contributed by atoms with Crippen LogP contribution in [0.2, 0.25) is 0 Å². The fourth-order valence-electron chi connectivity index (χ4n) is 3.91. The number of hydrogen-bond donors (Lipinski definition) is 5. The van der Waals surface area contributed by atoms with E-state index in [1.54, 1.807) is 25.9 Å². The Morgan fingerprint density at radius 2 is 1.92 bits per heavy atom. The van der Waals surface area contributed by atoms with Gasteiger partial charge < -0.3 is 49.7 Å². The van der Waals surface area contributed by atoms with Crippen molar-refractivity contribution in [3.05, 3.63) is 24.7 Å². The summed E-state index contributed by atoms with van der Waals surface area (Å²) >= 11 is 0. The molecule has 36 heavy (non-hydrogen) atoms. The minimum absolute atomic E-state index is 0.0406. The summed E-state index contributed by atoms with van der Waals surface area (Å²) in [5.74, 6) is -0.427. The Labute approximate surface area is 206 Å². The number of likely N-dealkylation sites (N-methyl/N-ethyl adjacent to an activating group) is 1. The number of nitrogens with zero attached hydrogens (tertiary/aromatic N) is 2. The van der Waals surface area contributed by atoms with E-state index in [-0.39, 0.29) is 5.82 Å². The van der Waals surface area contributed by atoms with Gasteiger partial charge in [0.15, 0.2) is 12.5 Å². The van der Waals surface area contributed by atoms with Gasteiger partial charge in [0.05, 0.1) is 12.7 Å². The molecule has 10 atom stereocenters. The zero-order valence-corrected chi connectivity index (χ0v) is 21.4. The molecule has 0 bridgehead atoms. The smallest absolute Gasteiger partial charge is 0.478 e. The Balaban J connectivity index is 1.58. The van der Waals surface area contributed by atoms with Gasteiger partial charge >= 0.3 is 7.82 Å². The van der Waals surface area contributed by atoms with Gasteiger partial charge in [-0.15, -0.1) is 0 Å². The third-order valence-corrected chi connectivity index (χ3v) is 8.26. The van der Waals surface area contributed by atoms with E-state index in [9.17, 15) is 39.0 Å². The number of amides is 1. The normalized spacial score (nSPS) is 38.6. The number of nitrogens with one attached hydrogen (secondary N) is 1. The summed E-state index contributed by atoms with van der Waals surface area (Å²) < 4.78 is 48.8. The van der Waals surface area contributed by atoms with E-state index in [2.05, 4.69) is 20.7 Å². The molecule has 0 aromatic rings. The van der Waals surface area contributed by atoms with Gasteiger partial charge in [-0.1, -0.05) is 6.58 Å². The van der Waals surface area contributed by atoms with Crippen LogP contribution in [0.1, 0.15) is 13.3 Å². The van der Waals surface area contributed by atoms with Crippen molar-refractivity contribution in [3.63, 3.8) is 0 Å². The molecule has 0 saturated carbocycles. The molecule has 0 radical (unpaired) electrons.